The maximum atomic E-state index is 12.3. The third kappa shape index (κ3) is 5.52. The number of benzene rings is 1. The number of hydrogen-bond acceptors (Lipinski definition) is 3. The first-order valence-corrected chi connectivity index (χ1v) is 9.15. The number of ether oxygens (including phenoxy) is 1. The minimum atomic E-state index is 0.181. The lowest BCUT2D eigenvalue weighted by Gasteiger charge is -2.35. The van der Waals surface area contributed by atoms with E-state index in [2.05, 4.69) is 37.1 Å². The van der Waals surface area contributed by atoms with Crippen molar-refractivity contribution in [1.82, 2.24) is 10.2 Å². The molecule has 0 unspecified atom stereocenters. The number of nitrogens with one attached hydrogen (secondary N) is 1. The van der Waals surface area contributed by atoms with Gasteiger partial charge in [0, 0.05) is 31.6 Å². The average Bonchev–Trinajstić information content (AvgIpc) is 2.55. The van der Waals surface area contributed by atoms with E-state index in [1.54, 1.807) is 7.11 Å². The first-order chi connectivity index (χ1) is 11.5. The summed E-state index contributed by atoms with van der Waals surface area (Å²) in [4.78, 5) is 14.8. The highest BCUT2D eigenvalue weighted by molar-refractivity contribution is 5.76. The molecular weight excluding hydrogens is 300 g/mol. The molecule has 1 amide bonds. The molecule has 1 N–H and O–H groups in total. The molecule has 0 radical (unpaired) electrons. The third-order valence-corrected chi connectivity index (χ3v) is 4.92. The lowest BCUT2D eigenvalue weighted by atomic mass is 9.96. The van der Waals surface area contributed by atoms with Crippen molar-refractivity contribution < 1.29 is 9.53 Å². The van der Waals surface area contributed by atoms with E-state index in [4.69, 9.17) is 4.74 Å². The SMILES string of the molecule is COc1ccccc1C[C@@H](C)CC(=O)NC1CCN(C(C)C)CC1. The van der Waals surface area contributed by atoms with Crippen molar-refractivity contribution in [3.05, 3.63) is 29.8 Å². The Hall–Kier alpha value is -1.55. The normalized spacial score (nSPS) is 17.7. The van der Waals surface area contributed by atoms with Gasteiger partial charge in [0.15, 0.2) is 0 Å². The molecule has 1 aromatic carbocycles. The van der Waals surface area contributed by atoms with Crippen molar-refractivity contribution in [1.29, 1.82) is 0 Å². The summed E-state index contributed by atoms with van der Waals surface area (Å²) in [6, 6.07) is 8.99. The number of methoxy groups -OCH3 is 1. The van der Waals surface area contributed by atoms with Crippen molar-refractivity contribution >= 4 is 5.91 Å². The molecule has 1 heterocycles. The van der Waals surface area contributed by atoms with Crippen LogP contribution in [0.5, 0.6) is 5.75 Å². The van der Waals surface area contributed by atoms with Gasteiger partial charge in [-0.1, -0.05) is 25.1 Å². The summed E-state index contributed by atoms with van der Waals surface area (Å²) in [5.41, 5.74) is 1.17. The molecule has 0 saturated carbocycles. The van der Waals surface area contributed by atoms with Crippen LogP contribution in [0.3, 0.4) is 0 Å². The highest BCUT2D eigenvalue weighted by atomic mass is 16.5. The van der Waals surface area contributed by atoms with Crippen LogP contribution in [0.25, 0.3) is 0 Å². The molecule has 4 heteroatoms. The zero-order chi connectivity index (χ0) is 17.5. The van der Waals surface area contributed by atoms with Crippen LogP contribution in [-0.2, 0) is 11.2 Å². The topological polar surface area (TPSA) is 41.6 Å². The lowest BCUT2D eigenvalue weighted by Crippen LogP contribution is -2.46. The zero-order valence-electron chi connectivity index (χ0n) is 15.5. The molecule has 1 fully saturated rings. The fourth-order valence-electron chi connectivity index (χ4n) is 3.48. The molecule has 0 bridgehead atoms. The molecule has 0 spiro atoms. The number of nitrogens with zero attached hydrogens (tertiary/aromatic N) is 1. The Morgan fingerprint density at radius 1 is 1.25 bits per heavy atom. The Morgan fingerprint density at radius 2 is 1.92 bits per heavy atom. The van der Waals surface area contributed by atoms with Gasteiger partial charge < -0.3 is 15.0 Å². The van der Waals surface area contributed by atoms with Crippen LogP contribution in [0, 0.1) is 5.92 Å². The fraction of sp³-hybridized carbons (Fsp3) is 0.650. The fourth-order valence-corrected chi connectivity index (χ4v) is 3.48. The molecule has 0 aliphatic carbocycles. The van der Waals surface area contributed by atoms with Gasteiger partial charge in [-0.25, -0.2) is 0 Å². The van der Waals surface area contributed by atoms with Crippen LogP contribution >= 0.6 is 0 Å². The van der Waals surface area contributed by atoms with Crippen molar-refractivity contribution in [3.8, 4) is 5.75 Å². The van der Waals surface area contributed by atoms with Crippen LogP contribution in [-0.4, -0.2) is 43.1 Å². The van der Waals surface area contributed by atoms with E-state index < -0.39 is 0 Å². The maximum absolute atomic E-state index is 12.3. The Kier molecular flexibility index (Phi) is 7.10. The van der Waals surface area contributed by atoms with Crippen LogP contribution in [0.4, 0.5) is 0 Å². The van der Waals surface area contributed by atoms with E-state index >= 15 is 0 Å². The zero-order valence-corrected chi connectivity index (χ0v) is 15.5. The average molecular weight is 332 g/mol. The Balaban J connectivity index is 1.76. The van der Waals surface area contributed by atoms with Crippen molar-refractivity contribution in [3.63, 3.8) is 0 Å². The third-order valence-electron chi connectivity index (χ3n) is 4.92. The van der Waals surface area contributed by atoms with Crippen LogP contribution in [0.2, 0.25) is 0 Å². The second-order valence-corrected chi connectivity index (χ2v) is 7.30. The van der Waals surface area contributed by atoms with E-state index in [0.29, 0.717) is 24.4 Å². The van der Waals surface area contributed by atoms with Crippen molar-refractivity contribution in [2.24, 2.45) is 5.92 Å². The molecule has 1 aliphatic heterocycles. The number of carbonyl (C=O) groups excluding carboxylic acids is 1. The van der Waals surface area contributed by atoms with E-state index in [1.165, 1.54) is 5.56 Å². The summed E-state index contributed by atoms with van der Waals surface area (Å²) in [5, 5.41) is 3.23. The summed E-state index contributed by atoms with van der Waals surface area (Å²) in [6.07, 6.45) is 3.56. The van der Waals surface area contributed by atoms with Crippen molar-refractivity contribution in [2.45, 2.75) is 58.5 Å². The van der Waals surface area contributed by atoms with E-state index in [-0.39, 0.29) is 5.91 Å². The van der Waals surface area contributed by atoms with E-state index in [1.807, 2.05) is 18.2 Å². The minimum Gasteiger partial charge on any atom is -0.496 e. The molecule has 1 aromatic rings. The molecule has 134 valence electrons. The minimum absolute atomic E-state index is 0.181. The quantitative estimate of drug-likeness (QED) is 0.833. The first-order valence-electron chi connectivity index (χ1n) is 9.15. The molecule has 1 atom stereocenters. The molecule has 2 rings (SSSR count). The molecule has 24 heavy (non-hydrogen) atoms. The molecule has 1 aliphatic rings. The predicted molar refractivity (Wildman–Crippen MR) is 98.4 cm³/mol. The van der Waals surface area contributed by atoms with Gasteiger partial charge in [0.25, 0.3) is 0 Å². The lowest BCUT2D eigenvalue weighted by molar-refractivity contribution is -0.122. The van der Waals surface area contributed by atoms with Gasteiger partial charge in [-0.3, -0.25) is 4.79 Å². The number of para-hydroxylation sites is 1. The summed E-state index contributed by atoms with van der Waals surface area (Å²) in [5.74, 6) is 1.39. The summed E-state index contributed by atoms with van der Waals surface area (Å²) < 4.78 is 5.40. The second-order valence-electron chi connectivity index (χ2n) is 7.30. The standard InChI is InChI=1S/C20H32N2O2/c1-15(2)22-11-9-18(10-12-22)21-20(23)14-16(3)13-17-7-5-6-8-19(17)24-4/h5-8,15-16,18H,9-14H2,1-4H3,(H,21,23)/t16-/m1/s1. The maximum Gasteiger partial charge on any atom is 0.220 e. The van der Waals surface area contributed by atoms with Gasteiger partial charge in [0.2, 0.25) is 5.91 Å². The second kappa shape index (κ2) is 9.07. The Bertz CT molecular complexity index is 522. The van der Waals surface area contributed by atoms with Gasteiger partial charge in [-0.05, 0) is 50.7 Å². The van der Waals surface area contributed by atoms with Gasteiger partial charge in [0.05, 0.1) is 7.11 Å². The number of amides is 1. The number of hydrogen-bond donors (Lipinski definition) is 1. The molecule has 0 aromatic heterocycles. The van der Waals surface area contributed by atoms with E-state index in [0.717, 1.165) is 38.1 Å². The number of piperidine rings is 1. The smallest absolute Gasteiger partial charge is 0.220 e. The van der Waals surface area contributed by atoms with Crippen LogP contribution in [0.15, 0.2) is 24.3 Å². The first kappa shape index (κ1) is 18.8. The van der Waals surface area contributed by atoms with Gasteiger partial charge >= 0.3 is 0 Å². The van der Waals surface area contributed by atoms with Crippen molar-refractivity contribution in [2.75, 3.05) is 20.2 Å². The number of carbonyl (C=O) groups is 1. The number of rotatable bonds is 7. The Morgan fingerprint density at radius 3 is 2.54 bits per heavy atom. The summed E-state index contributed by atoms with van der Waals surface area (Å²) in [7, 11) is 1.69. The highest BCUT2D eigenvalue weighted by Gasteiger charge is 2.22. The Labute approximate surface area is 146 Å². The molecular formula is C20H32N2O2. The monoisotopic (exact) mass is 332 g/mol. The predicted octanol–water partition coefficient (Wildman–Crippen LogP) is 3.25. The van der Waals surface area contributed by atoms with Gasteiger partial charge in [-0.2, -0.15) is 0 Å². The van der Waals surface area contributed by atoms with E-state index in [9.17, 15) is 4.79 Å². The van der Waals surface area contributed by atoms with Crippen LogP contribution < -0.4 is 10.1 Å². The van der Waals surface area contributed by atoms with Gasteiger partial charge in [0.1, 0.15) is 5.75 Å². The van der Waals surface area contributed by atoms with Crippen LogP contribution in [0.1, 0.15) is 45.6 Å². The summed E-state index contributed by atoms with van der Waals surface area (Å²) >= 11 is 0. The van der Waals surface area contributed by atoms with Gasteiger partial charge in [-0.15, -0.1) is 0 Å². The molecule has 1 saturated heterocycles. The largest absolute Gasteiger partial charge is 0.496 e. The molecule has 4 nitrogen and oxygen atoms in total. The highest BCUT2D eigenvalue weighted by Crippen LogP contribution is 2.22. The number of likely N-dealkylation sites (tertiary alicyclic amines) is 1. The summed E-state index contributed by atoms with van der Waals surface area (Å²) in [6.45, 7) is 8.77.